The Balaban J connectivity index is 1.95. The smallest absolute Gasteiger partial charge is 0.245 e. The first-order valence-corrected chi connectivity index (χ1v) is 11.9. The van der Waals surface area contributed by atoms with Crippen LogP contribution in [0.25, 0.3) is 0 Å². The summed E-state index contributed by atoms with van der Waals surface area (Å²) in [6, 6.07) is 17.6. The minimum atomic E-state index is -4.10. The molecule has 3 rings (SSSR count). The summed E-state index contributed by atoms with van der Waals surface area (Å²) < 4.78 is 34.2. The van der Waals surface area contributed by atoms with Gasteiger partial charge in [-0.2, -0.15) is 4.72 Å². The molecular weight excluding hydrogens is 471 g/mol. The first-order valence-electron chi connectivity index (χ1n) is 9.67. The molecule has 0 aliphatic carbocycles. The normalized spacial score (nSPS) is 12.2. The molecule has 0 heterocycles. The number of aryl methyl sites for hydroxylation is 1. The third-order valence-electron chi connectivity index (χ3n) is 4.71. The van der Waals surface area contributed by atoms with Crippen molar-refractivity contribution in [2.75, 3.05) is 12.4 Å². The SMILES string of the molecule is COc1ccc(C)cc1S(=O)(=O)N[C@@H](Cc1ccccc1)C(=O)Nc1cccc(Cl)c1Cl. The standard InChI is InChI=1S/C23H22Cl2N2O4S/c1-15-11-12-20(31-2)21(13-15)32(29,30)27-19(14-16-7-4-3-5-8-16)23(28)26-18-10-6-9-17(24)22(18)25/h3-13,19,27H,14H2,1-2H3,(H,26,28)/t19-/m0/s1. The van der Waals surface area contributed by atoms with Crippen molar-refractivity contribution in [2.45, 2.75) is 24.3 Å². The number of amides is 1. The number of sulfonamides is 1. The summed E-state index contributed by atoms with van der Waals surface area (Å²) in [4.78, 5) is 13.1. The predicted octanol–water partition coefficient (Wildman–Crippen LogP) is 4.84. The molecule has 0 aliphatic heterocycles. The van der Waals surface area contributed by atoms with Gasteiger partial charge in [-0.1, -0.05) is 65.7 Å². The van der Waals surface area contributed by atoms with Crippen LogP contribution in [0, 0.1) is 6.92 Å². The average molecular weight is 493 g/mol. The van der Waals surface area contributed by atoms with Crippen molar-refractivity contribution in [1.29, 1.82) is 0 Å². The van der Waals surface area contributed by atoms with Crippen LogP contribution >= 0.6 is 23.2 Å². The van der Waals surface area contributed by atoms with Crippen LogP contribution in [0.15, 0.2) is 71.6 Å². The van der Waals surface area contributed by atoms with Gasteiger partial charge in [0.15, 0.2) is 0 Å². The zero-order valence-corrected chi connectivity index (χ0v) is 19.8. The lowest BCUT2D eigenvalue weighted by Crippen LogP contribution is -2.45. The van der Waals surface area contributed by atoms with Crippen LogP contribution in [0.3, 0.4) is 0 Å². The van der Waals surface area contributed by atoms with E-state index in [1.807, 2.05) is 30.3 Å². The lowest BCUT2D eigenvalue weighted by molar-refractivity contribution is -0.117. The van der Waals surface area contributed by atoms with Crippen molar-refractivity contribution in [3.8, 4) is 5.75 Å². The van der Waals surface area contributed by atoms with Crippen LogP contribution in [0.5, 0.6) is 5.75 Å². The Morgan fingerprint density at radius 2 is 1.75 bits per heavy atom. The fourth-order valence-corrected chi connectivity index (χ4v) is 4.90. The van der Waals surface area contributed by atoms with Crippen molar-refractivity contribution >= 4 is 44.8 Å². The quantitative estimate of drug-likeness (QED) is 0.471. The maximum atomic E-state index is 13.2. The number of ether oxygens (including phenoxy) is 1. The van der Waals surface area contributed by atoms with E-state index in [9.17, 15) is 13.2 Å². The Morgan fingerprint density at radius 1 is 1.03 bits per heavy atom. The largest absolute Gasteiger partial charge is 0.495 e. The number of halogens is 2. The Labute approximate surface area is 197 Å². The van der Waals surface area contributed by atoms with Gasteiger partial charge in [0, 0.05) is 0 Å². The van der Waals surface area contributed by atoms with E-state index >= 15 is 0 Å². The van der Waals surface area contributed by atoms with Crippen molar-refractivity contribution in [3.05, 3.63) is 87.9 Å². The molecule has 0 unspecified atom stereocenters. The summed E-state index contributed by atoms with van der Waals surface area (Å²) in [5.74, 6) is -0.395. The van der Waals surface area contributed by atoms with Crippen LogP contribution in [-0.4, -0.2) is 27.5 Å². The van der Waals surface area contributed by atoms with Crippen LogP contribution in [0.2, 0.25) is 10.0 Å². The molecule has 0 saturated carbocycles. The van der Waals surface area contributed by atoms with E-state index in [0.717, 1.165) is 11.1 Å². The molecule has 0 spiro atoms. The number of carbonyl (C=O) groups excluding carboxylic acids is 1. The van der Waals surface area contributed by atoms with Crippen molar-refractivity contribution in [2.24, 2.45) is 0 Å². The molecule has 0 radical (unpaired) electrons. The van der Waals surface area contributed by atoms with Gasteiger partial charge in [-0.05, 0) is 48.7 Å². The summed E-state index contributed by atoms with van der Waals surface area (Å²) in [6.45, 7) is 1.77. The molecule has 168 valence electrons. The first kappa shape index (κ1) is 24.1. The van der Waals surface area contributed by atoms with Crippen LogP contribution < -0.4 is 14.8 Å². The Kier molecular flexibility index (Phi) is 7.79. The predicted molar refractivity (Wildman–Crippen MR) is 127 cm³/mol. The summed E-state index contributed by atoms with van der Waals surface area (Å²) in [6.07, 6.45) is 0.123. The molecule has 6 nitrogen and oxygen atoms in total. The number of benzene rings is 3. The number of rotatable bonds is 8. The number of anilines is 1. The fraction of sp³-hybridized carbons (Fsp3) is 0.174. The summed E-state index contributed by atoms with van der Waals surface area (Å²) in [5.41, 5.74) is 1.80. The molecule has 3 aromatic rings. The molecule has 2 N–H and O–H groups in total. The number of hydrogen-bond donors (Lipinski definition) is 2. The molecule has 1 atom stereocenters. The van der Waals surface area contributed by atoms with Gasteiger partial charge in [0.25, 0.3) is 0 Å². The highest BCUT2D eigenvalue weighted by atomic mass is 35.5. The van der Waals surface area contributed by atoms with Gasteiger partial charge < -0.3 is 10.1 Å². The maximum Gasteiger partial charge on any atom is 0.245 e. The molecule has 1 amide bonds. The highest BCUT2D eigenvalue weighted by Gasteiger charge is 2.29. The van der Waals surface area contributed by atoms with E-state index in [1.165, 1.54) is 13.2 Å². The minimum absolute atomic E-state index is 0.0494. The Morgan fingerprint density at radius 3 is 2.44 bits per heavy atom. The van der Waals surface area contributed by atoms with E-state index in [1.54, 1.807) is 37.3 Å². The van der Waals surface area contributed by atoms with Gasteiger partial charge >= 0.3 is 0 Å². The fourth-order valence-electron chi connectivity index (χ4n) is 3.10. The molecule has 32 heavy (non-hydrogen) atoms. The number of methoxy groups -OCH3 is 1. The highest BCUT2D eigenvalue weighted by molar-refractivity contribution is 7.89. The van der Waals surface area contributed by atoms with Gasteiger partial charge in [0.1, 0.15) is 16.7 Å². The Bertz CT molecular complexity index is 1220. The topological polar surface area (TPSA) is 84.5 Å². The molecule has 0 fully saturated rings. The molecule has 9 heteroatoms. The van der Waals surface area contributed by atoms with E-state index < -0.39 is 22.0 Å². The van der Waals surface area contributed by atoms with E-state index in [0.29, 0.717) is 0 Å². The third kappa shape index (κ3) is 5.81. The van der Waals surface area contributed by atoms with E-state index in [4.69, 9.17) is 27.9 Å². The van der Waals surface area contributed by atoms with Crippen molar-refractivity contribution < 1.29 is 17.9 Å². The number of carbonyl (C=O) groups is 1. The van der Waals surface area contributed by atoms with E-state index in [-0.39, 0.29) is 32.8 Å². The minimum Gasteiger partial charge on any atom is -0.495 e. The second kappa shape index (κ2) is 10.4. The van der Waals surface area contributed by atoms with Gasteiger partial charge in [-0.3, -0.25) is 4.79 Å². The molecule has 3 aromatic carbocycles. The zero-order valence-electron chi connectivity index (χ0n) is 17.4. The summed E-state index contributed by atoms with van der Waals surface area (Å²) >= 11 is 12.2. The molecule has 0 saturated heterocycles. The highest BCUT2D eigenvalue weighted by Crippen LogP contribution is 2.30. The lowest BCUT2D eigenvalue weighted by Gasteiger charge is -2.20. The average Bonchev–Trinajstić information content (AvgIpc) is 2.77. The van der Waals surface area contributed by atoms with Gasteiger partial charge in [0.05, 0.1) is 22.8 Å². The van der Waals surface area contributed by atoms with Crippen LogP contribution in [0.4, 0.5) is 5.69 Å². The number of nitrogens with one attached hydrogen (secondary N) is 2. The summed E-state index contributed by atoms with van der Waals surface area (Å²) in [7, 11) is -2.71. The van der Waals surface area contributed by atoms with Gasteiger partial charge in [-0.25, -0.2) is 8.42 Å². The molecule has 0 bridgehead atoms. The lowest BCUT2D eigenvalue weighted by atomic mass is 10.1. The van der Waals surface area contributed by atoms with Crippen molar-refractivity contribution in [1.82, 2.24) is 4.72 Å². The monoisotopic (exact) mass is 492 g/mol. The maximum absolute atomic E-state index is 13.2. The molecular formula is C23H22Cl2N2O4S. The van der Waals surface area contributed by atoms with Crippen LogP contribution in [-0.2, 0) is 21.2 Å². The van der Waals surface area contributed by atoms with Crippen molar-refractivity contribution in [3.63, 3.8) is 0 Å². The van der Waals surface area contributed by atoms with E-state index in [2.05, 4.69) is 10.0 Å². The summed E-state index contributed by atoms with van der Waals surface area (Å²) in [5, 5.41) is 3.11. The second-order valence-corrected chi connectivity index (χ2v) is 9.58. The molecule has 0 aromatic heterocycles. The second-order valence-electron chi connectivity index (χ2n) is 7.11. The Hall–Kier alpha value is -2.58. The number of hydrogen-bond acceptors (Lipinski definition) is 4. The van der Waals surface area contributed by atoms with Gasteiger partial charge in [-0.15, -0.1) is 0 Å². The third-order valence-corrected chi connectivity index (χ3v) is 7.03. The van der Waals surface area contributed by atoms with Gasteiger partial charge in [0.2, 0.25) is 15.9 Å². The molecule has 0 aliphatic rings. The zero-order chi connectivity index (χ0) is 23.3. The first-order chi connectivity index (χ1) is 15.2. The van der Waals surface area contributed by atoms with Crippen LogP contribution in [0.1, 0.15) is 11.1 Å².